The molecule has 3 heterocycles. The highest BCUT2D eigenvalue weighted by Crippen LogP contribution is 2.28. The molecule has 0 aliphatic carbocycles. The van der Waals surface area contributed by atoms with Gasteiger partial charge in [-0.25, -0.2) is 0 Å². The van der Waals surface area contributed by atoms with Gasteiger partial charge in [-0.3, -0.25) is 0 Å². The molecule has 1 N–H and O–H groups in total. The normalized spacial score (nSPS) is 20.4. The highest BCUT2D eigenvalue weighted by molar-refractivity contribution is 9.10. The fourth-order valence-corrected chi connectivity index (χ4v) is 3.76. The largest absolute Gasteiger partial charge is 0.339 e. The molecule has 2 aromatic heterocycles. The molecule has 1 fully saturated rings. The molecule has 4 nitrogen and oxygen atoms in total. The second-order valence-corrected chi connectivity index (χ2v) is 6.72. The van der Waals surface area contributed by atoms with E-state index in [0.717, 1.165) is 34.8 Å². The van der Waals surface area contributed by atoms with Crippen molar-refractivity contribution in [3.63, 3.8) is 0 Å². The molecular weight excluding hydrogens is 326 g/mol. The lowest BCUT2D eigenvalue weighted by Gasteiger charge is -2.09. The number of hydrogen-bond donors (Lipinski definition) is 1. The Hall–Kier alpha value is -0.720. The Morgan fingerprint density at radius 1 is 1.42 bits per heavy atom. The topological polar surface area (TPSA) is 51.0 Å². The smallest absolute Gasteiger partial charge is 0.227 e. The van der Waals surface area contributed by atoms with Gasteiger partial charge in [-0.05, 0) is 60.3 Å². The van der Waals surface area contributed by atoms with E-state index in [-0.39, 0.29) is 0 Å². The molecule has 1 saturated heterocycles. The first kappa shape index (κ1) is 13.3. The summed E-state index contributed by atoms with van der Waals surface area (Å²) in [5.74, 6) is 2.14. The molecule has 0 saturated carbocycles. The molecule has 1 atom stereocenters. The molecule has 1 aliphatic rings. The van der Waals surface area contributed by atoms with Crippen LogP contribution in [0.25, 0.3) is 10.7 Å². The van der Waals surface area contributed by atoms with Gasteiger partial charge in [0, 0.05) is 16.3 Å². The molecule has 19 heavy (non-hydrogen) atoms. The number of halogens is 1. The third kappa shape index (κ3) is 3.43. The lowest BCUT2D eigenvalue weighted by Crippen LogP contribution is -2.14. The fourth-order valence-electron chi connectivity index (χ4n) is 2.41. The van der Waals surface area contributed by atoms with Crippen molar-refractivity contribution in [3.05, 3.63) is 21.8 Å². The van der Waals surface area contributed by atoms with Crippen LogP contribution in [-0.2, 0) is 6.42 Å². The predicted octanol–water partition coefficient (Wildman–Crippen LogP) is 3.49. The van der Waals surface area contributed by atoms with E-state index in [2.05, 4.69) is 31.4 Å². The van der Waals surface area contributed by atoms with Crippen LogP contribution in [0.3, 0.4) is 0 Å². The molecule has 0 aromatic carbocycles. The average molecular weight is 342 g/mol. The second kappa shape index (κ2) is 6.15. The summed E-state index contributed by atoms with van der Waals surface area (Å²) in [4.78, 5) is 5.56. The minimum atomic E-state index is 0.665. The summed E-state index contributed by atoms with van der Waals surface area (Å²) >= 11 is 5.07. The van der Waals surface area contributed by atoms with Gasteiger partial charge in [-0.15, -0.1) is 11.3 Å². The van der Waals surface area contributed by atoms with Crippen molar-refractivity contribution in [3.8, 4) is 10.7 Å². The molecule has 0 radical (unpaired) electrons. The van der Waals surface area contributed by atoms with Crippen molar-refractivity contribution in [2.24, 2.45) is 5.92 Å². The van der Waals surface area contributed by atoms with Gasteiger partial charge in [0.1, 0.15) is 0 Å². The zero-order valence-electron chi connectivity index (χ0n) is 10.6. The summed E-state index contributed by atoms with van der Waals surface area (Å²) in [6.07, 6.45) is 4.59. The van der Waals surface area contributed by atoms with Crippen molar-refractivity contribution >= 4 is 27.3 Å². The van der Waals surface area contributed by atoms with Crippen molar-refractivity contribution < 1.29 is 4.52 Å². The van der Waals surface area contributed by atoms with Crippen molar-refractivity contribution in [1.29, 1.82) is 0 Å². The maximum absolute atomic E-state index is 5.38. The molecular formula is C13H16BrN3OS. The third-order valence-corrected chi connectivity index (χ3v) is 5.10. The van der Waals surface area contributed by atoms with Gasteiger partial charge in [-0.1, -0.05) is 5.16 Å². The van der Waals surface area contributed by atoms with Gasteiger partial charge in [0.05, 0.1) is 4.88 Å². The molecule has 0 spiro atoms. The number of nitrogens with zero attached hydrogens (tertiary/aromatic N) is 2. The fraction of sp³-hybridized carbons (Fsp3) is 0.538. The summed E-state index contributed by atoms with van der Waals surface area (Å²) in [5, 5.41) is 9.53. The van der Waals surface area contributed by atoms with Gasteiger partial charge in [-0.2, -0.15) is 4.98 Å². The molecule has 102 valence electrons. The standard InChI is InChI=1S/C13H16BrN3OS/c14-10-7-11(19-8-10)13-16-12(18-17-13)6-9-2-1-4-15-5-3-9/h7-9,15H,1-6H2. The molecule has 1 aliphatic heterocycles. The molecule has 0 bridgehead atoms. The van der Waals surface area contributed by atoms with E-state index in [9.17, 15) is 0 Å². The van der Waals surface area contributed by atoms with Crippen LogP contribution < -0.4 is 5.32 Å². The summed E-state index contributed by atoms with van der Waals surface area (Å²) < 4.78 is 6.45. The Labute approximate surface area is 124 Å². The van der Waals surface area contributed by atoms with Crippen LogP contribution in [0.5, 0.6) is 0 Å². The molecule has 6 heteroatoms. The summed E-state index contributed by atoms with van der Waals surface area (Å²) in [5.41, 5.74) is 0. The van der Waals surface area contributed by atoms with E-state index in [1.807, 2.05) is 11.4 Å². The molecule has 3 rings (SSSR count). The monoisotopic (exact) mass is 341 g/mol. The molecule has 0 amide bonds. The number of nitrogens with one attached hydrogen (secondary N) is 1. The summed E-state index contributed by atoms with van der Waals surface area (Å²) in [7, 11) is 0. The van der Waals surface area contributed by atoms with Crippen molar-refractivity contribution in [2.75, 3.05) is 13.1 Å². The minimum absolute atomic E-state index is 0.665. The number of thiophene rings is 1. The SMILES string of the molecule is Brc1csc(-c2noc(CC3CCCNCC3)n2)c1. The van der Waals surface area contributed by atoms with Gasteiger partial charge < -0.3 is 9.84 Å². The van der Waals surface area contributed by atoms with E-state index in [0.29, 0.717) is 11.7 Å². The Bertz CT molecular complexity index is 531. The van der Waals surface area contributed by atoms with E-state index < -0.39 is 0 Å². The van der Waals surface area contributed by atoms with Gasteiger partial charge >= 0.3 is 0 Å². The molecule has 1 unspecified atom stereocenters. The third-order valence-electron chi connectivity index (χ3n) is 3.41. The maximum atomic E-state index is 5.38. The van der Waals surface area contributed by atoms with Crippen LogP contribution in [0.15, 0.2) is 20.4 Å². The number of aromatic nitrogens is 2. The first-order chi connectivity index (χ1) is 9.31. The zero-order valence-corrected chi connectivity index (χ0v) is 13.0. The van der Waals surface area contributed by atoms with Crippen LogP contribution >= 0.6 is 27.3 Å². The van der Waals surface area contributed by atoms with Gasteiger partial charge in [0.25, 0.3) is 0 Å². The van der Waals surface area contributed by atoms with Crippen LogP contribution in [0.1, 0.15) is 25.2 Å². The Morgan fingerprint density at radius 2 is 2.37 bits per heavy atom. The number of hydrogen-bond acceptors (Lipinski definition) is 5. The predicted molar refractivity (Wildman–Crippen MR) is 79.2 cm³/mol. The zero-order chi connectivity index (χ0) is 13.1. The van der Waals surface area contributed by atoms with Crippen molar-refractivity contribution in [1.82, 2.24) is 15.5 Å². The van der Waals surface area contributed by atoms with Gasteiger partial charge in [0.2, 0.25) is 11.7 Å². The maximum Gasteiger partial charge on any atom is 0.227 e. The lowest BCUT2D eigenvalue weighted by atomic mass is 9.97. The van der Waals surface area contributed by atoms with E-state index >= 15 is 0 Å². The molecule has 2 aromatic rings. The van der Waals surface area contributed by atoms with Gasteiger partial charge in [0.15, 0.2) is 0 Å². The van der Waals surface area contributed by atoms with E-state index in [1.54, 1.807) is 11.3 Å². The van der Waals surface area contributed by atoms with E-state index in [1.165, 1.54) is 19.3 Å². The second-order valence-electron chi connectivity index (χ2n) is 4.89. The van der Waals surface area contributed by atoms with Crippen LogP contribution in [0.2, 0.25) is 0 Å². The van der Waals surface area contributed by atoms with Crippen LogP contribution in [-0.4, -0.2) is 23.2 Å². The lowest BCUT2D eigenvalue weighted by molar-refractivity contribution is 0.341. The van der Waals surface area contributed by atoms with Crippen LogP contribution in [0.4, 0.5) is 0 Å². The average Bonchev–Trinajstić information content (AvgIpc) is 2.94. The first-order valence-corrected chi connectivity index (χ1v) is 8.26. The van der Waals surface area contributed by atoms with E-state index in [4.69, 9.17) is 4.52 Å². The highest BCUT2D eigenvalue weighted by atomic mass is 79.9. The Kier molecular flexibility index (Phi) is 4.30. The Morgan fingerprint density at radius 3 is 3.21 bits per heavy atom. The first-order valence-electron chi connectivity index (χ1n) is 6.59. The summed E-state index contributed by atoms with van der Waals surface area (Å²) in [6.45, 7) is 2.23. The highest BCUT2D eigenvalue weighted by Gasteiger charge is 2.17. The summed E-state index contributed by atoms with van der Waals surface area (Å²) in [6, 6.07) is 2.02. The minimum Gasteiger partial charge on any atom is -0.339 e. The van der Waals surface area contributed by atoms with Crippen molar-refractivity contribution in [2.45, 2.75) is 25.7 Å². The Balaban J connectivity index is 1.67. The quantitative estimate of drug-likeness (QED) is 0.928. The van der Waals surface area contributed by atoms with Crippen LogP contribution in [0, 0.1) is 5.92 Å². The number of rotatable bonds is 3.